The molecule has 0 aromatic heterocycles. The third kappa shape index (κ3) is 5.12. The molecule has 2 saturated heterocycles. The van der Waals surface area contributed by atoms with Crippen molar-refractivity contribution in [1.82, 2.24) is 15.1 Å². The fraction of sp³-hybridized carbons (Fsp3) is 0.667. The maximum absolute atomic E-state index is 14.0. The van der Waals surface area contributed by atoms with Gasteiger partial charge in [0.05, 0.1) is 5.69 Å². The van der Waals surface area contributed by atoms with Crippen LogP contribution in [0.3, 0.4) is 0 Å². The van der Waals surface area contributed by atoms with Gasteiger partial charge in [0.25, 0.3) is 0 Å². The van der Waals surface area contributed by atoms with Crippen LogP contribution in [0.5, 0.6) is 0 Å². The third-order valence-electron chi connectivity index (χ3n) is 5.81. The van der Waals surface area contributed by atoms with Gasteiger partial charge < -0.3 is 20.0 Å². The summed E-state index contributed by atoms with van der Waals surface area (Å²) in [7, 11) is 1.85. The number of para-hydroxylation sites is 1. The summed E-state index contributed by atoms with van der Waals surface area (Å²) in [6.45, 7) is 11.3. The van der Waals surface area contributed by atoms with Crippen LogP contribution in [-0.2, 0) is 0 Å². The number of piperazine rings is 1. The first-order valence-electron chi connectivity index (χ1n) is 10.3. The van der Waals surface area contributed by atoms with Gasteiger partial charge in [0.2, 0.25) is 0 Å². The molecule has 0 saturated carbocycles. The molecular weight excluding hydrogens is 341 g/mol. The maximum Gasteiger partial charge on any atom is 0.193 e. The molecule has 27 heavy (non-hydrogen) atoms. The fourth-order valence-corrected chi connectivity index (χ4v) is 4.17. The Hall–Kier alpha value is -1.82. The molecular formula is C21H34FN5. The average Bonchev–Trinajstić information content (AvgIpc) is 2.69. The Morgan fingerprint density at radius 1 is 1.19 bits per heavy atom. The van der Waals surface area contributed by atoms with Crippen molar-refractivity contribution in [1.29, 1.82) is 0 Å². The highest BCUT2D eigenvalue weighted by Crippen LogP contribution is 2.20. The normalized spacial score (nSPS) is 22.4. The van der Waals surface area contributed by atoms with Gasteiger partial charge in [-0.3, -0.25) is 4.99 Å². The van der Waals surface area contributed by atoms with Gasteiger partial charge in [-0.2, -0.15) is 0 Å². The lowest BCUT2D eigenvalue weighted by Gasteiger charge is -2.39. The maximum atomic E-state index is 14.0. The lowest BCUT2D eigenvalue weighted by molar-refractivity contribution is 0.140. The Labute approximate surface area is 163 Å². The summed E-state index contributed by atoms with van der Waals surface area (Å²) in [6, 6.07) is 7.66. The van der Waals surface area contributed by atoms with Gasteiger partial charge in [0, 0.05) is 52.4 Å². The second kappa shape index (κ2) is 9.40. The minimum Gasteiger partial charge on any atom is -0.366 e. The topological polar surface area (TPSA) is 34.1 Å². The number of piperidine rings is 1. The van der Waals surface area contributed by atoms with Crippen LogP contribution in [0.4, 0.5) is 10.1 Å². The lowest BCUT2D eigenvalue weighted by Crippen LogP contribution is -2.54. The van der Waals surface area contributed by atoms with Crippen molar-refractivity contribution >= 4 is 11.6 Å². The molecule has 6 heteroatoms. The smallest absolute Gasteiger partial charge is 0.193 e. The van der Waals surface area contributed by atoms with E-state index in [-0.39, 0.29) is 5.82 Å². The Morgan fingerprint density at radius 2 is 1.93 bits per heavy atom. The van der Waals surface area contributed by atoms with E-state index < -0.39 is 0 Å². The second-order valence-electron chi connectivity index (χ2n) is 7.95. The van der Waals surface area contributed by atoms with Gasteiger partial charge in [-0.15, -0.1) is 0 Å². The second-order valence-corrected chi connectivity index (χ2v) is 7.95. The van der Waals surface area contributed by atoms with Crippen molar-refractivity contribution in [3.8, 4) is 0 Å². The van der Waals surface area contributed by atoms with Crippen LogP contribution in [0.25, 0.3) is 0 Å². The van der Waals surface area contributed by atoms with Gasteiger partial charge in [-0.25, -0.2) is 4.39 Å². The monoisotopic (exact) mass is 375 g/mol. The van der Waals surface area contributed by atoms with Gasteiger partial charge in [0.15, 0.2) is 5.96 Å². The van der Waals surface area contributed by atoms with Crippen molar-refractivity contribution < 1.29 is 4.39 Å². The van der Waals surface area contributed by atoms with Gasteiger partial charge >= 0.3 is 0 Å². The summed E-state index contributed by atoms with van der Waals surface area (Å²) in [5.41, 5.74) is 0.705. The first-order chi connectivity index (χ1) is 13.1. The van der Waals surface area contributed by atoms with E-state index in [9.17, 15) is 4.39 Å². The standard InChI is InChI=1S/C21H34FN5/c1-17(2)27-10-6-7-18(16-27)15-24-21(23-3)26-13-11-25(12-14-26)20-9-5-4-8-19(20)22/h4-5,8-9,17-18H,6-7,10-16H2,1-3H3,(H,23,24). The number of aliphatic imine (C=N–C) groups is 1. The molecule has 1 N–H and O–H groups in total. The number of benzene rings is 1. The van der Waals surface area contributed by atoms with E-state index in [1.54, 1.807) is 6.07 Å². The summed E-state index contributed by atoms with van der Waals surface area (Å²) >= 11 is 0. The van der Waals surface area contributed by atoms with Crippen LogP contribution in [0, 0.1) is 11.7 Å². The van der Waals surface area contributed by atoms with Crippen LogP contribution in [0.15, 0.2) is 29.3 Å². The largest absolute Gasteiger partial charge is 0.366 e. The molecule has 2 aliphatic rings. The minimum absolute atomic E-state index is 0.138. The quantitative estimate of drug-likeness (QED) is 0.648. The van der Waals surface area contributed by atoms with E-state index in [0.29, 0.717) is 17.6 Å². The molecule has 2 heterocycles. The first kappa shape index (κ1) is 19.9. The minimum atomic E-state index is -0.138. The van der Waals surface area contributed by atoms with Crippen molar-refractivity contribution in [2.75, 3.05) is 57.8 Å². The van der Waals surface area contributed by atoms with Crippen molar-refractivity contribution in [2.45, 2.75) is 32.7 Å². The molecule has 0 amide bonds. The van der Waals surface area contributed by atoms with E-state index in [0.717, 1.165) is 38.7 Å². The van der Waals surface area contributed by atoms with Gasteiger partial charge in [-0.1, -0.05) is 12.1 Å². The van der Waals surface area contributed by atoms with Gasteiger partial charge in [0.1, 0.15) is 5.82 Å². The summed E-state index contributed by atoms with van der Waals surface area (Å²) in [5.74, 6) is 1.52. The molecule has 0 aliphatic carbocycles. The third-order valence-corrected chi connectivity index (χ3v) is 5.81. The molecule has 2 fully saturated rings. The van der Waals surface area contributed by atoms with Crippen LogP contribution in [0.2, 0.25) is 0 Å². The van der Waals surface area contributed by atoms with Crippen molar-refractivity contribution in [2.24, 2.45) is 10.9 Å². The molecule has 0 bridgehead atoms. The summed E-state index contributed by atoms with van der Waals surface area (Å²) in [5, 5.41) is 3.59. The SMILES string of the molecule is CN=C(NCC1CCCN(C(C)C)C1)N1CCN(c2ccccc2F)CC1. The summed E-state index contributed by atoms with van der Waals surface area (Å²) < 4.78 is 14.0. The average molecular weight is 376 g/mol. The van der Waals surface area contributed by atoms with Gasteiger partial charge in [-0.05, 0) is 51.3 Å². The zero-order chi connectivity index (χ0) is 19.2. The molecule has 1 unspecified atom stereocenters. The van der Waals surface area contributed by atoms with Crippen LogP contribution in [0.1, 0.15) is 26.7 Å². The highest BCUT2D eigenvalue weighted by atomic mass is 19.1. The number of hydrogen-bond acceptors (Lipinski definition) is 3. The molecule has 5 nitrogen and oxygen atoms in total. The number of halogens is 1. The number of hydrogen-bond donors (Lipinski definition) is 1. The molecule has 1 aromatic rings. The van der Waals surface area contributed by atoms with Crippen LogP contribution in [-0.4, -0.2) is 74.7 Å². The number of guanidine groups is 1. The molecule has 150 valence electrons. The Balaban J connectivity index is 1.49. The lowest BCUT2D eigenvalue weighted by atomic mass is 9.97. The van der Waals surface area contributed by atoms with E-state index in [1.165, 1.54) is 32.0 Å². The molecule has 0 radical (unpaired) electrons. The van der Waals surface area contributed by atoms with E-state index in [1.807, 2.05) is 19.2 Å². The molecule has 1 atom stereocenters. The molecule has 2 aliphatic heterocycles. The number of anilines is 1. The number of nitrogens with one attached hydrogen (secondary N) is 1. The number of likely N-dealkylation sites (tertiary alicyclic amines) is 1. The number of rotatable bonds is 4. The van der Waals surface area contributed by atoms with E-state index in [2.05, 4.69) is 38.9 Å². The Morgan fingerprint density at radius 3 is 2.59 bits per heavy atom. The van der Waals surface area contributed by atoms with Crippen LogP contribution >= 0.6 is 0 Å². The fourth-order valence-electron chi connectivity index (χ4n) is 4.17. The summed E-state index contributed by atoms with van der Waals surface area (Å²) in [4.78, 5) is 11.5. The summed E-state index contributed by atoms with van der Waals surface area (Å²) in [6.07, 6.45) is 2.57. The van der Waals surface area contributed by atoms with E-state index >= 15 is 0 Å². The van der Waals surface area contributed by atoms with Crippen molar-refractivity contribution in [3.63, 3.8) is 0 Å². The Kier molecular flexibility index (Phi) is 6.94. The van der Waals surface area contributed by atoms with Crippen LogP contribution < -0.4 is 10.2 Å². The zero-order valence-electron chi connectivity index (χ0n) is 17.0. The highest BCUT2D eigenvalue weighted by molar-refractivity contribution is 5.80. The number of nitrogens with zero attached hydrogens (tertiary/aromatic N) is 4. The molecule has 0 spiro atoms. The predicted molar refractivity (Wildman–Crippen MR) is 111 cm³/mol. The molecule has 3 rings (SSSR count). The first-order valence-corrected chi connectivity index (χ1v) is 10.3. The zero-order valence-corrected chi connectivity index (χ0v) is 17.0. The molecule has 1 aromatic carbocycles. The highest BCUT2D eigenvalue weighted by Gasteiger charge is 2.24. The Bertz CT molecular complexity index is 625. The van der Waals surface area contributed by atoms with Crippen molar-refractivity contribution in [3.05, 3.63) is 30.1 Å². The van der Waals surface area contributed by atoms with E-state index in [4.69, 9.17) is 0 Å². The predicted octanol–water partition coefficient (Wildman–Crippen LogP) is 2.64.